The minimum atomic E-state index is -0.0145. The van der Waals surface area contributed by atoms with Gasteiger partial charge in [-0.15, -0.1) is 0 Å². The molecule has 1 heterocycles. The molecule has 0 aromatic carbocycles. The molecule has 0 aliphatic heterocycles. The number of nitrogens with zero attached hydrogens (tertiary/aromatic N) is 1. The van der Waals surface area contributed by atoms with E-state index in [0.29, 0.717) is 11.4 Å². The van der Waals surface area contributed by atoms with Crippen LogP contribution in [0.15, 0.2) is 18.3 Å². The van der Waals surface area contributed by atoms with Crippen LogP contribution in [0, 0.1) is 16.7 Å². The van der Waals surface area contributed by atoms with Crippen molar-refractivity contribution in [3.05, 3.63) is 23.9 Å². The van der Waals surface area contributed by atoms with Gasteiger partial charge in [-0.1, -0.05) is 20.8 Å². The van der Waals surface area contributed by atoms with Crippen molar-refractivity contribution in [2.75, 3.05) is 12.4 Å². The van der Waals surface area contributed by atoms with Crippen LogP contribution in [-0.2, 0) is 0 Å². The number of rotatable bonds is 3. The molecule has 0 radical (unpaired) electrons. The first-order valence-corrected chi connectivity index (χ1v) is 7.82. The van der Waals surface area contributed by atoms with Gasteiger partial charge in [0.15, 0.2) is 0 Å². The van der Waals surface area contributed by atoms with Crippen molar-refractivity contribution in [2.24, 2.45) is 16.7 Å². The average molecular weight is 287 g/mol. The monoisotopic (exact) mass is 287 g/mol. The molecular formula is C17H25N3O. The second-order valence-electron chi connectivity index (χ2n) is 7.47. The third kappa shape index (κ3) is 2.12. The van der Waals surface area contributed by atoms with E-state index in [1.54, 1.807) is 13.2 Å². The van der Waals surface area contributed by atoms with Crippen LogP contribution in [0.2, 0.25) is 0 Å². The van der Waals surface area contributed by atoms with Gasteiger partial charge >= 0.3 is 0 Å². The number of hydrogen-bond acceptors (Lipinski definition) is 3. The highest BCUT2D eigenvalue weighted by Crippen LogP contribution is 2.62. The Morgan fingerprint density at radius 3 is 2.76 bits per heavy atom. The zero-order valence-electron chi connectivity index (χ0n) is 13.4. The van der Waals surface area contributed by atoms with Gasteiger partial charge in [0, 0.05) is 19.3 Å². The molecule has 1 aromatic heterocycles. The predicted octanol–water partition coefficient (Wildman–Crippen LogP) is 3.07. The molecule has 2 N–H and O–H groups in total. The van der Waals surface area contributed by atoms with Crippen LogP contribution in [0.5, 0.6) is 0 Å². The molecule has 4 heteroatoms. The molecule has 21 heavy (non-hydrogen) atoms. The van der Waals surface area contributed by atoms with Gasteiger partial charge in [-0.25, -0.2) is 4.98 Å². The van der Waals surface area contributed by atoms with Crippen LogP contribution in [0.1, 0.15) is 50.4 Å². The van der Waals surface area contributed by atoms with E-state index in [9.17, 15) is 4.79 Å². The summed E-state index contributed by atoms with van der Waals surface area (Å²) in [7, 11) is 1.79. The van der Waals surface area contributed by atoms with E-state index in [1.807, 2.05) is 12.1 Å². The molecule has 0 saturated heterocycles. The molecule has 3 rings (SSSR count). The summed E-state index contributed by atoms with van der Waals surface area (Å²) in [6, 6.07) is 3.88. The lowest BCUT2D eigenvalue weighted by Crippen LogP contribution is -2.52. The van der Waals surface area contributed by atoms with Crippen LogP contribution in [0.4, 0.5) is 5.82 Å². The maximum atomic E-state index is 12.7. The largest absolute Gasteiger partial charge is 0.372 e. The van der Waals surface area contributed by atoms with Crippen molar-refractivity contribution >= 4 is 11.7 Å². The first-order valence-electron chi connectivity index (χ1n) is 7.82. The Hall–Kier alpha value is -1.58. The Balaban J connectivity index is 1.85. The number of anilines is 1. The van der Waals surface area contributed by atoms with Gasteiger partial charge in [0.25, 0.3) is 5.91 Å². The molecule has 114 valence electrons. The number of carbonyl (C=O) groups excluding carboxylic acids is 1. The van der Waals surface area contributed by atoms with Gasteiger partial charge in [0.2, 0.25) is 0 Å². The Bertz CT molecular complexity index is 564. The highest BCUT2D eigenvalue weighted by Gasteiger charge is 2.59. The summed E-state index contributed by atoms with van der Waals surface area (Å²) in [6.07, 6.45) is 5.45. The number of nitrogens with one attached hydrogen (secondary N) is 2. The number of hydrogen-bond donors (Lipinski definition) is 2. The molecule has 3 atom stereocenters. The number of pyridine rings is 1. The lowest BCUT2D eigenvalue weighted by molar-refractivity contribution is 0.0738. The Kier molecular flexibility index (Phi) is 3.23. The molecule has 2 bridgehead atoms. The van der Waals surface area contributed by atoms with Gasteiger partial charge in [0.1, 0.15) is 5.82 Å². The standard InChI is InChI=1S/C17H25N3O/c1-16(2)11-7-8-17(3,10-11)15(16)20-14(21)12-6-5-9-19-13(12)18-4/h5-6,9,11,15H,7-8,10H2,1-4H3,(H,18,19)(H,20,21). The van der Waals surface area contributed by atoms with Gasteiger partial charge in [0.05, 0.1) is 5.56 Å². The zero-order valence-corrected chi connectivity index (χ0v) is 13.4. The summed E-state index contributed by atoms with van der Waals surface area (Å²) in [5.41, 5.74) is 1.04. The second-order valence-corrected chi connectivity index (χ2v) is 7.47. The van der Waals surface area contributed by atoms with Crippen LogP contribution < -0.4 is 10.6 Å². The average Bonchev–Trinajstić information content (AvgIpc) is 2.94. The number of aromatic nitrogens is 1. The first-order chi connectivity index (χ1) is 9.88. The third-order valence-electron chi connectivity index (χ3n) is 5.83. The van der Waals surface area contributed by atoms with Gasteiger partial charge in [-0.2, -0.15) is 0 Å². The number of carbonyl (C=O) groups is 1. The minimum absolute atomic E-state index is 0.0145. The van der Waals surface area contributed by atoms with Crippen molar-refractivity contribution in [2.45, 2.75) is 46.1 Å². The van der Waals surface area contributed by atoms with Gasteiger partial charge in [-0.3, -0.25) is 4.79 Å². The maximum Gasteiger partial charge on any atom is 0.255 e. The van der Waals surface area contributed by atoms with Crippen molar-refractivity contribution in [3.8, 4) is 0 Å². The van der Waals surface area contributed by atoms with Crippen molar-refractivity contribution in [3.63, 3.8) is 0 Å². The second kappa shape index (κ2) is 4.72. The summed E-state index contributed by atoms with van der Waals surface area (Å²) in [5, 5.41) is 6.31. The summed E-state index contributed by atoms with van der Waals surface area (Å²) < 4.78 is 0. The number of fused-ring (bicyclic) bond motifs is 2. The van der Waals surface area contributed by atoms with Crippen LogP contribution in [0.25, 0.3) is 0 Å². The normalized spacial score (nSPS) is 33.0. The fraction of sp³-hybridized carbons (Fsp3) is 0.647. The Labute approximate surface area is 126 Å². The minimum Gasteiger partial charge on any atom is -0.372 e. The smallest absolute Gasteiger partial charge is 0.255 e. The molecule has 1 aromatic rings. The van der Waals surface area contributed by atoms with E-state index >= 15 is 0 Å². The quantitative estimate of drug-likeness (QED) is 0.898. The highest BCUT2D eigenvalue weighted by molar-refractivity contribution is 5.98. The molecule has 3 unspecified atom stereocenters. The highest BCUT2D eigenvalue weighted by atomic mass is 16.1. The van der Waals surface area contributed by atoms with Gasteiger partial charge in [-0.05, 0) is 48.1 Å². The van der Waals surface area contributed by atoms with Crippen molar-refractivity contribution < 1.29 is 4.79 Å². The molecule has 0 spiro atoms. The predicted molar refractivity (Wildman–Crippen MR) is 84.3 cm³/mol. The number of amides is 1. The topological polar surface area (TPSA) is 54.0 Å². The summed E-state index contributed by atoms with van der Waals surface area (Å²) >= 11 is 0. The first kappa shape index (κ1) is 14.4. The van der Waals surface area contributed by atoms with E-state index in [4.69, 9.17) is 0 Å². The summed E-state index contributed by atoms with van der Waals surface area (Å²) in [4.78, 5) is 16.9. The fourth-order valence-corrected chi connectivity index (χ4v) is 4.66. The molecule has 2 fully saturated rings. The zero-order chi connectivity index (χ0) is 15.3. The van der Waals surface area contributed by atoms with Gasteiger partial charge < -0.3 is 10.6 Å². The van der Waals surface area contributed by atoms with Crippen LogP contribution in [0.3, 0.4) is 0 Å². The molecule has 2 saturated carbocycles. The van der Waals surface area contributed by atoms with Crippen molar-refractivity contribution in [1.82, 2.24) is 10.3 Å². The van der Waals surface area contributed by atoms with E-state index < -0.39 is 0 Å². The third-order valence-corrected chi connectivity index (χ3v) is 5.83. The summed E-state index contributed by atoms with van der Waals surface area (Å²) in [5.74, 6) is 1.35. The lowest BCUT2D eigenvalue weighted by atomic mass is 9.68. The molecule has 2 aliphatic carbocycles. The van der Waals surface area contributed by atoms with E-state index in [1.165, 1.54) is 19.3 Å². The molecular weight excluding hydrogens is 262 g/mol. The van der Waals surface area contributed by atoms with E-state index in [0.717, 1.165) is 5.92 Å². The van der Waals surface area contributed by atoms with E-state index in [-0.39, 0.29) is 22.8 Å². The fourth-order valence-electron chi connectivity index (χ4n) is 4.66. The Morgan fingerprint density at radius 2 is 2.14 bits per heavy atom. The molecule has 4 nitrogen and oxygen atoms in total. The molecule has 2 aliphatic rings. The maximum absolute atomic E-state index is 12.7. The van der Waals surface area contributed by atoms with Crippen LogP contribution in [-0.4, -0.2) is 24.0 Å². The van der Waals surface area contributed by atoms with E-state index in [2.05, 4.69) is 36.4 Å². The summed E-state index contributed by atoms with van der Waals surface area (Å²) in [6.45, 7) is 6.93. The Morgan fingerprint density at radius 1 is 1.38 bits per heavy atom. The lowest BCUT2D eigenvalue weighted by Gasteiger charge is -2.43. The molecule has 1 amide bonds. The van der Waals surface area contributed by atoms with Crippen molar-refractivity contribution in [1.29, 1.82) is 0 Å². The SMILES string of the molecule is CNc1ncccc1C(=O)NC1C2(C)CCC(C2)C1(C)C. The van der Waals surface area contributed by atoms with Crippen LogP contribution >= 0.6 is 0 Å².